The summed E-state index contributed by atoms with van der Waals surface area (Å²) in [4.78, 5) is 39.1. The number of para-hydroxylation sites is 1. The molecule has 5 rings (SSSR count). The molecule has 0 bridgehead atoms. The Kier molecular flexibility index (Phi) is 7.15. The van der Waals surface area contributed by atoms with Crippen LogP contribution in [0.15, 0.2) is 67.0 Å². The average molecular weight is 512 g/mol. The van der Waals surface area contributed by atoms with Gasteiger partial charge in [-0.25, -0.2) is 9.78 Å². The van der Waals surface area contributed by atoms with Gasteiger partial charge in [0.2, 0.25) is 0 Å². The summed E-state index contributed by atoms with van der Waals surface area (Å²) in [5.41, 5.74) is 6.14. The highest BCUT2D eigenvalue weighted by atomic mass is 16.5. The molecule has 1 atom stereocenters. The third-order valence-electron chi connectivity index (χ3n) is 7.17. The summed E-state index contributed by atoms with van der Waals surface area (Å²) in [6.07, 6.45) is 3.90. The molecule has 2 aromatic carbocycles. The van der Waals surface area contributed by atoms with Crippen LogP contribution in [0.2, 0.25) is 0 Å². The van der Waals surface area contributed by atoms with Gasteiger partial charge in [0.05, 0.1) is 23.9 Å². The molecule has 3 heterocycles. The van der Waals surface area contributed by atoms with Crippen molar-refractivity contribution in [2.24, 2.45) is 0 Å². The van der Waals surface area contributed by atoms with Crippen LogP contribution in [0.3, 0.4) is 0 Å². The van der Waals surface area contributed by atoms with Crippen molar-refractivity contribution < 1.29 is 14.3 Å². The molecular formula is C30H33N5O3. The molecule has 38 heavy (non-hydrogen) atoms. The van der Waals surface area contributed by atoms with E-state index < -0.39 is 0 Å². The van der Waals surface area contributed by atoms with Gasteiger partial charge in [-0.15, -0.1) is 0 Å². The number of nitrogens with one attached hydrogen (secondary N) is 1. The number of piperazine rings is 1. The number of H-pyrrole nitrogens is 1. The number of likely N-dealkylation sites (N-methyl/N-ethyl adjacent to an activating group) is 1. The Morgan fingerprint density at radius 1 is 1.11 bits per heavy atom. The Morgan fingerprint density at radius 2 is 1.87 bits per heavy atom. The van der Waals surface area contributed by atoms with E-state index in [0.29, 0.717) is 17.7 Å². The lowest BCUT2D eigenvalue weighted by molar-refractivity contribution is 0.0526. The highest BCUT2D eigenvalue weighted by Gasteiger charge is 2.29. The van der Waals surface area contributed by atoms with Crippen molar-refractivity contribution in [2.45, 2.75) is 13.0 Å². The van der Waals surface area contributed by atoms with Crippen LogP contribution in [0.5, 0.6) is 0 Å². The van der Waals surface area contributed by atoms with Crippen LogP contribution in [0.1, 0.15) is 39.2 Å². The minimum Gasteiger partial charge on any atom is -0.462 e. The first-order valence-electron chi connectivity index (χ1n) is 12.9. The van der Waals surface area contributed by atoms with Crippen LogP contribution in [0.4, 0.5) is 5.69 Å². The number of carbonyl (C=O) groups is 2. The van der Waals surface area contributed by atoms with Crippen molar-refractivity contribution >= 4 is 28.6 Å². The molecule has 1 fully saturated rings. The van der Waals surface area contributed by atoms with E-state index >= 15 is 0 Å². The molecule has 0 spiro atoms. The fourth-order valence-corrected chi connectivity index (χ4v) is 5.07. The quantitative estimate of drug-likeness (QED) is 0.381. The van der Waals surface area contributed by atoms with Crippen LogP contribution >= 0.6 is 0 Å². The monoisotopic (exact) mass is 511 g/mol. The molecule has 1 amide bonds. The number of benzene rings is 2. The third kappa shape index (κ3) is 4.87. The summed E-state index contributed by atoms with van der Waals surface area (Å²) >= 11 is 0. The second kappa shape index (κ2) is 10.7. The van der Waals surface area contributed by atoms with Crippen LogP contribution in [0.25, 0.3) is 22.2 Å². The number of rotatable bonds is 6. The van der Waals surface area contributed by atoms with E-state index in [1.165, 1.54) is 0 Å². The van der Waals surface area contributed by atoms with Gasteiger partial charge in [0, 0.05) is 62.6 Å². The minimum absolute atomic E-state index is 0.0196. The molecule has 1 N–H and O–H groups in total. The lowest BCUT2D eigenvalue weighted by Gasteiger charge is -2.41. The molecular weight excluding hydrogens is 478 g/mol. The van der Waals surface area contributed by atoms with Gasteiger partial charge >= 0.3 is 5.97 Å². The summed E-state index contributed by atoms with van der Waals surface area (Å²) in [7, 11) is 5.63. The van der Waals surface area contributed by atoms with E-state index in [1.54, 1.807) is 19.0 Å². The number of hydrogen-bond acceptors (Lipinski definition) is 6. The highest BCUT2D eigenvalue weighted by Crippen LogP contribution is 2.34. The summed E-state index contributed by atoms with van der Waals surface area (Å²) in [6, 6.07) is 17.6. The molecule has 0 saturated carbocycles. The first-order chi connectivity index (χ1) is 18.4. The van der Waals surface area contributed by atoms with Crippen molar-refractivity contribution in [1.82, 2.24) is 19.8 Å². The first-order valence-corrected chi connectivity index (χ1v) is 12.9. The predicted molar refractivity (Wildman–Crippen MR) is 150 cm³/mol. The fraction of sp³-hybridized carbons (Fsp3) is 0.300. The Morgan fingerprint density at radius 3 is 2.61 bits per heavy atom. The predicted octanol–water partition coefficient (Wildman–Crippen LogP) is 4.60. The number of hydrogen-bond donors (Lipinski definition) is 1. The van der Waals surface area contributed by atoms with E-state index in [4.69, 9.17) is 9.72 Å². The molecule has 1 aliphatic heterocycles. The number of pyridine rings is 1. The molecule has 196 valence electrons. The zero-order chi connectivity index (χ0) is 26.8. The van der Waals surface area contributed by atoms with Gasteiger partial charge in [0.15, 0.2) is 0 Å². The van der Waals surface area contributed by atoms with Gasteiger partial charge in [-0.05, 0) is 55.4 Å². The third-order valence-corrected chi connectivity index (χ3v) is 7.17. The van der Waals surface area contributed by atoms with Crippen LogP contribution in [-0.4, -0.2) is 79.0 Å². The second-order valence-corrected chi connectivity index (χ2v) is 9.82. The number of aromatic amines is 1. The Bertz CT molecular complexity index is 1460. The fourth-order valence-electron chi connectivity index (χ4n) is 5.07. The molecule has 1 unspecified atom stereocenters. The lowest BCUT2D eigenvalue weighted by atomic mass is 9.99. The molecule has 1 aliphatic rings. The molecule has 2 aromatic heterocycles. The molecule has 0 aliphatic carbocycles. The number of esters is 1. The van der Waals surface area contributed by atoms with E-state index in [1.807, 2.05) is 67.8 Å². The Hall–Kier alpha value is -4.17. The highest BCUT2D eigenvalue weighted by molar-refractivity contribution is 5.97. The maximum atomic E-state index is 12.6. The van der Waals surface area contributed by atoms with E-state index in [9.17, 15) is 9.59 Å². The van der Waals surface area contributed by atoms with Crippen LogP contribution in [0, 0.1) is 0 Å². The maximum absolute atomic E-state index is 12.6. The smallest absolute Gasteiger partial charge is 0.340 e. The number of carbonyl (C=O) groups excluding carboxylic acids is 2. The van der Waals surface area contributed by atoms with E-state index in [-0.39, 0.29) is 17.9 Å². The molecule has 4 aromatic rings. The maximum Gasteiger partial charge on any atom is 0.340 e. The topological polar surface area (TPSA) is 81.8 Å². The number of anilines is 1. The van der Waals surface area contributed by atoms with E-state index in [0.717, 1.165) is 53.0 Å². The van der Waals surface area contributed by atoms with Gasteiger partial charge in [-0.2, -0.15) is 0 Å². The summed E-state index contributed by atoms with van der Waals surface area (Å²) in [5, 5.41) is 1.03. The van der Waals surface area contributed by atoms with Crippen LogP contribution < -0.4 is 4.90 Å². The Balaban J connectivity index is 1.45. The van der Waals surface area contributed by atoms with Crippen molar-refractivity contribution in [1.29, 1.82) is 0 Å². The number of nitrogens with zero attached hydrogens (tertiary/aromatic N) is 4. The molecule has 8 nitrogen and oxygen atoms in total. The number of fused-ring (bicyclic) bond motifs is 1. The van der Waals surface area contributed by atoms with Crippen LogP contribution in [-0.2, 0) is 4.74 Å². The molecule has 8 heteroatoms. The van der Waals surface area contributed by atoms with Crippen molar-refractivity contribution in [2.75, 3.05) is 52.3 Å². The molecule has 0 radical (unpaired) electrons. The van der Waals surface area contributed by atoms with E-state index in [2.05, 4.69) is 27.9 Å². The summed E-state index contributed by atoms with van der Waals surface area (Å²) < 4.78 is 5.31. The van der Waals surface area contributed by atoms with Gasteiger partial charge in [-0.3, -0.25) is 9.69 Å². The van der Waals surface area contributed by atoms with Gasteiger partial charge in [0.1, 0.15) is 5.65 Å². The number of ether oxygens (including phenoxy) is 1. The normalized spacial score (nSPS) is 16.0. The van der Waals surface area contributed by atoms with Crippen molar-refractivity contribution in [3.05, 3.63) is 83.7 Å². The minimum atomic E-state index is -0.295. The standard InChI is InChI=1S/C30H33N5O3/c1-5-38-30(37)23-8-6-7-9-26(23)35-15-14-34(4)27(19-35)22-16-24-25(18-32-28(24)31-17-22)20-10-12-21(13-11-20)29(36)33(2)3/h6-13,16-18,27H,5,14-15,19H2,1-4H3,(H,31,32). The van der Waals surface area contributed by atoms with Crippen molar-refractivity contribution in [3.8, 4) is 11.1 Å². The summed E-state index contributed by atoms with van der Waals surface area (Å²) in [5.74, 6) is -0.314. The number of aromatic nitrogens is 2. The second-order valence-electron chi connectivity index (χ2n) is 9.82. The SMILES string of the molecule is CCOC(=O)c1ccccc1N1CCN(C)C(c2cnc3[nH]cc(-c4ccc(C(=O)N(C)C)cc4)c3c2)C1. The zero-order valence-corrected chi connectivity index (χ0v) is 22.3. The first kappa shape index (κ1) is 25.5. The zero-order valence-electron chi connectivity index (χ0n) is 22.3. The largest absolute Gasteiger partial charge is 0.462 e. The van der Waals surface area contributed by atoms with Gasteiger partial charge < -0.3 is 19.5 Å². The average Bonchev–Trinajstić information content (AvgIpc) is 3.36. The number of amides is 1. The van der Waals surface area contributed by atoms with Gasteiger partial charge in [-0.1, -0.05) is 24.3 Å². The summed E-state index contributed by atoms with van der Waals surface area (Å²) in [6.45, 7) is 4.55. The van der Waals surface area contributed by atoms with Crippen molar-refractivity contribution in [3.63, 3.8) is 0 Å². The Labute approximate surface area is 222 Å². The van der Waals surface area contributed by atoms with Gasteiger partial charge in [0.25, 0.3) is 5.91 Å². The molecule has 1 saturated heterocycles. The lowest BCUT2D eigenvalue weighted by Crippen LogP contribution is -2.47.